The predicted octanol–water partition coefficient (Wildman–Crippen LogP) is 4.62. The number of ether oxygens (including phenoxy) is 3. The van der Waals surface area contributed by atoms with Crippen LogP contribution in [-0.2, 0) is 16.1 Å². The Balaban J connectivity index is 1.77. The summed E-state index contributed by atoms with van der Waals surface area (Å²) in [6.07, 6.45) is 1.41. The molecule has 0 amide bonds. The summed E-state index contributed by atoms with van der Waals surface area (Å²) in [6.45, 7) is 4.04. The van der Waals surface area contributed by atoms with E-state index in [1.165, 1.54) is 19.5 Å². The average Bonchev–Trinajstić information content (AvgIpc) is 3.26. The van der Waals surface area contributed by atoms with Gasteiger partial charge in [-0.3, -0.25) is 0 Å². The van der Waals surface area contributed by atoms with Crippen LogP contribution >= 0.6 is 15.9 Å². The average molecular weight is 517 g/mol. The van der Waals surface area contributed by atoms with Crippen LogP contribution in [0.25, 0.3) is 0 Å². The van der Waals surface area contributed by atoms with Gasteiger partial charge in [0.2, 0.25) is 5.95 Å². The van der Waals surface area contributed by atoms with Gasteiger partial charge < -0.3 is 19.5 Å². The van der Waals surface area contributed by atoms with Crippen LogP contribution in [0, 0.1) is 5.82 Å². The Hall–Kier alpha value is -3.40. The number of nitrogens with zero attached hydrogens (tertiary/aromatic N) is 3. The zero-order chi connectivity index (χ0) is 23.5. The maximum absolute atomic E-state index is 14.1. The van der Waals surface area contributed by atoms with Crippen molar-refractivity contribution in [3.05, 3.63) is 75.4 Å². The quantitative estimate of drug-likeness (QED) is 0.458. The molecule has 0 saturated heterocycles. The van der Waals surface area contributed by atoms with Crippen molar-refractivity contribution in [2.75, 3.05) is 19.0 Å². The maximum atomic E-state index is 14.1. The van der Waals surface area contributed by atoms with Gasteiger partial charge in [-0.25, -0.2) is 13.9 Å². The number of nitrogens with one attached hydrogen (secondary N) is 1. The molecule has 10 heteroatoms. The molecule has 0 saturated carbocycles. The number of halogens is 2. The number of fused-ring (bicyclic) bond motifs is 1. The summed E-state index contributed by atoms with van der Waals surface area (Å²) < 4.78 is 33.1. The lowest BCUT2D eigenvalue weighted by Crippen LogP contribution is -2.29. The summed E-state index contributed by atoms with van der Waals surface area (Å²) in [6, 6.07) is 9.41. The zero-order valence-corrected chi connectivity index (χ0v) is 19.8. The molecule has 2 heterocycles. The van der Waals surface area contributed by atoms with Crippen molar-refractivity contribution in [1.82, 2.24) is 14.8 Å². The predicted molar refractivity (Wildman–Crippen MR) is 123 cm³/mol. The second kappa shape index (κ2) is 9.62. The molecule has 0 fully saturated rings. The molecule has 1 atom stereocenters. The number of allylic oxidation sites excluding steroid dienone is 1. The van der Waals surface area contributed by atoms with E-state index in [2.05, 4.69) is 31.3 Å². The number of hydrogen-bond donors (Lipinski definition) is 1. The Kier molecular flexibility index (Phi) is 6.64. The molecule has 2 aromatic carbocycles. The first-order valence-electron chi connectivity index (χ1n) is 10.2. The molecule has 4 rings (SSSR count). The van der Waals surface area contributed by atoms with E-state index in [-0.39, 0.29) is 12.4 Å². The van der Waals surface area contributed by atoms with Crippen molar-refractivity contribution in [2.24, 2.45) is 0 Å². The van der Waals surface area contributed by atoms with Gasteiger partial charge in [-0.1, -0.05) is 18.2 Å². The first-order chi connectivity index (χ1) is 15.9. The van der Waals surface area contributed by atoms with Gasteiger partial charge in [0, 0.05) is 11.3 Å². The first-order valence-corrected chi connectivity index (χ1v) is 11.0. The molecule has 1 N–H and O–H groups in total. The van der Waals surface area contributed by atoms with Gasteiger partial charge in [0.15, 0.2) is 11.5 Å². The second-order valence-electron chi connectivity index (χ2n) is 7.23. The smallest absolute Gasteiger partial charge is 0.338 e. The number of methoxy groups -OCH3 is 1. The highest BCUT2D eigenvalue weighted by Crippen LogP contribution is 2.43. The molecule has 1 aromatic heterocycles. The van der Waals surface area contributed by atoms with Gasteiger partial charge in [-0.05, 0) is 53.5 Å². The summed E-state index contributed by atoms with van der Waals surface area (Å²) in [4.78, 5) is 16.9. The van der Waals surface area contributed by atoms with Crippen LogP contribution in [0.15, 0.2) is 58.5 Å². The highest BCUT2D eigenvalue weighted by molar-refractivity contribution is 9.10. The van der Waals surface area contributed by atoms with Gasteiger partial charge in [0.1, 0.15) is 24.8 Å². The second-order valence-corrected chi connectivity index (χ2v) is 8.08. The van der Waals surface area contributed by atoms with E-state index in [0.29, 0.717) is 50.9 Å². The summed E-state index contributed by atoms with van der Waals surface area (Å²) in [7, 11) is 1.33. The number of aromatic nitrogens is 3. The summed E-state index contributed by atoms with van der Waals surface area (Å²) in [5, 5.41) is 7.38. The fraction of sp³-hybridized carbons (Fsp3) is 0.261. The Labute approximate surface area is 198 Å². The van der Waals surface area contributed by atoms with Crippen LogP contribution in [0.5, 0.6) is 11.5 Å². The van der Waals surface area contributed by atoms with Crippen LogP contribution in [0.2, 0.25) is 0 Å². The van der Waals surface area contributed by atoms with Crippen LogP contribution in [0.3, 0.4) is 0 Å². The van der Waals surface area contributed by atoms with Crippen LogP contribution < -0.4 is 14.8 Å². The number of hydrogen-bond acceptors (Lipinski definition) is 7. The normalized spacial score (nSPS) is 15.0. The SMILES string of the molecule is CCOc1cc(C2C(C(=O)OC)=C(C)Nc3ncnn32)cc(Br)c1OCc1ccccc1F. The first kappa shape index (κ1) is 22.8. The third-order valence-corrected chi connectivity index (χ3v) is 5.77. The van der Waals surface area contributed by atoms with Gasteiger partial charge >= 0.3 is 5.97 Å². The number of rotatable bonds is 7. The van der Waals surface area contributed by atoms with Gasteiger partial charge in [0.05, 0.1) is 23.8 Å². The Morgan fingerprint density at radius 3 is 2.79 bits per heavy atom. The van der Waals surface area contributed by atoms with E-state index in [4.69, 9.17) is 14.2 Å². The summed E-state index contributed by atoms with van der Waals surface area (Å²) in [5.41, 5.74) is 2.14. The zero-order valence-electron chi connectivity index (χ0n) is 18.3. The van der Waals surface area contributed by atoms with E-state index in [1.807, 2.05) is 13.0 Å². The van der Waals surface area contributed by atoms with E-state index >= 15 is 0 Å². The molecule has 8 nitrogen and oxygen atoms in total. The molecule has 1 aliphatic heterocycles. The molecule has 0 bridgehead atoms. The highest BCUT2D eigenvalue weighted by Gasteiger charge is 2.35. The van der Waals surface area contributed by atoms with E-state index in [9.17, 15) is 9.18 Å². The Morgan fingerprint density at radius 2 is 2.06 bits per heavy atom. The molecule has 0 spiro atoms. The largest absolute Gasteiger partial charge is 0.490 e. The molecule has 1 unspecified atom stereocenters. The lowest BCUT2D eigenvalue weighted by atomic mass is 9.95. The van der Waals surface area contributed by atoms with Crippen LogP contribution in [0.1, 0.15) is 31.0 Å². The van der Waals surface area contributed by atoms with Gasteiger partial charge in [-0.2, -0.15) is 10.1 Å². The monoisotopic (exact) mass is 516 g/mol. The van der Waals surface area contributed by atoms with Crippen molar-refractivity contribution in [1.29, 1.82) is 0 Å². The maximum Gasteiger partial charge on any atom is 0.338 e. The van der Waals surface area contributed by atoms with Crippen LogP contribution in [-0.4, -0.2) is 34.5 Å². The molecule has 0 aliphatic carbocycles. The lowest BCUT2D eigenvalue weighted by Gasteiger charge is -2.28. The molecule has 33 heavy (non-hydrogen) atoms. The lowest BCUT2D eigenvalue weighted by molar-refractivity contribution is -0.136. The number of esters is 1. The molecule has 0 radical (unpaired) electrons. The standard InChI is InChI=1S/C23H22BrFN4O4/c1-4-32-18-10-15(9-16(24)21(18)33-11-14-7-5-6-8-17(14)25)20-19(22(30)31-3)13(2)28-23-26-12-27-29(20)23/h5-10,12,20H,4,11H2,1-3H3,(H,26,27,28). The minimum absolute atomic E-state index is 0.0255. The van der Waals surface area contributed by atoms with Gasteiger partial charge in [0.25, 0.3) is 0 Å². The summed E-state index contributed by atoms with van der Waals surface area (Å²) >= 11 is 3.55. The number of anilines is 1. The summed E-state index contributed by atoms with van der Waals surface area (Å²) in [5.74, 6) is 0.538. The molecular formula is C23H22BrFN4O4. The Bertz CT molecular complexity index is 1230. The highest BCUT2D eigenvalue weighted by atomic mass is 79.9. The minimum atomic E-state index is -0.604. The van der Waals surface area contributed by atoms with E-state index in [0.717, 1.165) is 0 Å². The van der Waals surface area contributed by atoms with Crippen molar-refractivity contribution >= 4 is 27.8 Å². The molecular weight excluding hydrogens is 495 g/mol. The fourth-order valence-corrected chi connectivity index (χ4v) is 4.26. The van der Waals surface area contributed by atoms with Crippen molar-refractivity contribution in [3.63, 3.8) is 0 Å². The fourth-order valence-electron chi connectivity index (χ4n) is 3.69. The topological polar surface area (TPSA) is 87.5 Å². The minimum Gasteiger partial charge on any atom is -0.490 e. The van der Waals surface area contributed by atoms with Gasteiger partial charge in [-0.15, -0.1) is 0 Å². The van der Waals surface area contributed by atoms with E-state index in [1.54, 1.807) is 35.9 Å². The third-order valence-electron chi connectivity index (χ3n) is 5.18. The molecule has 172 valence electrons. The van der Waals surface area contributed by atoms with Crippen molar-refractivity contribution in [3.8, 4) is 11.5 Å². The molecule has 3 aromatic rings. The van der Waals surface area contributed by atoms with E-state index < -0.39 is 12.0 Å². The third kappa shape index (κ3) is 4.43. The number of carbonyl (C=O) groups excluding carboxylic acids is 1. The van der Waals surface area contributed by atoms with Crippen molar-refractivity contribution in [2.45, 2.75) is 26.5 Å². The van der Waals surface area contributed by atoms with Crippen LogP contribution in [0.4, 0.5) is 10.3 Å². The van der Waals surface area contributed by atoms with Crippen molar-refractivity contribution < 1.29 is 23.4 Å². The molecule has 1 aliphatic rings. The number of benzene rings is 2. The Morgan fingerprint density at radius 1 is 1.27 bits per heavy atom. The number of carbonyl (C=O) groups is 1.